The fraction of sp³-hybridized carbons (Fsp3) is 0.600. The van der Waals surface area contributed by atoms with Gasteiger partial charge < -0.3 is 19.7 Å². The Kier molecular flexibility index (Phi) is 5.16. The highest BCUT2D eigenvalue weighted by molar-refractivity contribution is 5.97. The van der Waals surface area contributed by atoms with Crippen molar-refractivity contribution in [2.75, 3.05) is 39.3 Å². The van der Waals surface area contributed by atoms with E-state index >= 15 is 0 Å². The lowest BCUT2D eigenvalue weighted by Crippen LogP contribution is -2.48. The Morgan fingerprint density at radius 2 is 1.96 bits per heavy atom. The zero-order chi connectivity index (χ0) is 19.0. The third-order valence-corrected chi connectivity index (χ3v) is 5.75. The molecule has 0 aliphatic carbocycles. The van der Waals surface area contributed by atoms with E-state index in [1.165, 1.54) is 0 Å². The maximum Gasteiger partial charge on any atom is 0.253 e. The molecule has 3 heterocycles. The molecule has 0 unspecified atom stereocenters. The highest BCUT2D eigenvalue weighted by Gasteiger charge is 2.37. The third-order valence-electron chi connectivity index (χ3n) is 5.75. The van der Waals surface area contributed by atoms with Crippen LogP contribution in [0, 0.1) is 11.8 Å². The SMILES string of the molecule is C[C@@H]1CN(C[C@H]2CN(C(=O)c3ccc4nc[nH]c4c3)C[C@H]2CO)C[C@H](C)O1. The Morgan fingerprint density at radius 3 is 2.70 bits per heavy atom. The van der Waals surface area contributed by atoms with Crippen LogP contribution in [-0.4, -0.2) is 82.3 Å². The number of fused-ring (bicyclic) bond motifs is 1. The number of imidazole rings is 1. The van der Waals surface area contributed by atoms with Crippen LogP contribution in [0.2, 0.25) is 0 Å². The number of hydrogen-bond acceptors (Lipinski definition) is 5. The molecule has 27 heavy (non-hydrogen) atoms. The van der Waals surface area contributed by atoms with Crippen molar-refractivity contribution in [3.8, 4) is 0 Å². The number of morpholine rings is 1. The van der Waals surface area contributed by atoms with E-state index < -0.39 is 0 Å². The predicted octanol–water partition coefficient (Wildman–Crippen LogP) is 1.35. The summed E-state index contributed by atoms with van der Waals surface area (Å²) in [4.78, 5) is 24.5. The molecule has 2 N–H and O–H groups in total. The second kappa shape index (κ2) is 7.58. The van der Waals surface area contributed by atoms with Gasteiger partial charge in [-0.1, -0.05) is 0 Å². The summed E-state index contributed by atoms with van der Waals surface area (Å²) in [6.07, 6.45) is 2.08. The molecule has 1 aromatic carbocycles. The van der Waals surface area contributed by atoms with Gasteiger partial charge >= 0.3 is 0 Å². The first kappa shape index (κ1) is 18.4. The number of H-pyrrole nitrogens is 1. The zero-order valence-electron chi connectivity index (χ0n) is 16.0. The van der Waals surface area contributed by atoms with Gasteiger partial charge in [-0.05, 0) is 38.0 Å². The van der Waals surface area contributed by atoms with Crippen LogP contribution in [0.25, 0.3) is 11.0 Å². The number of likely N-dealkylation sites (tertiary alicyclic amines) is 1. The molecule has 4 rings (SSSR count). The maximum atomic E-state index is 13.0. The summed E-state index contributed by atoms with van der Waals surface area (Å²) in [7, 11) is 0. The van der Waals surface area contributed by atoms with Gasteiger partial charge in [0.25, 0.3) is 5.91 Å². The van der Waals surface area contributed by atoms with E-state index in [4.69, 9.17) is 4.74 Å². The van der Waals surface area contributed by atoms with Crippen LogP contribution >= 0.6 is 0 Å². The van der Waals surface area contributed by atoms with E-state index in [0.29, 0.717) is 18.7 Å². The standard InChI is InChI=1S/C20H28N4O3/c1-13-6-23(7-14(2)27-13)8-16-9-24(10-17(16)11-25)20(26)15-3-4-18-19(5-15)22-12-21-18/h3-5,12-14,16-17,25H,6-11H2,1-2H3,(H,21,22)/t13-,14+,16-,17-/m0/s1. The van der Waals surface area contributed by atoms with Crippen LogP contribution in [-0.2, 0) is 4.74 Å². The number of aliphatic hydroxyl groups excluding tert-OH is 1. The van der Waals surface area contributed by atoms with Gasteiger partial charge in [0.05, 0.1) is 29.6 Å². The number of rotatable bonds is 4. The van der Waals surface area contributed by atoms with E-state index in [-0.39, 0.29) is 36.6 Å². The fourth-order valence-corrected chi connectivity index (χ4v) is 4.53. The molecule has 7 heteroatoms. The van der Waals surface area contributed by atoms with E-state index in [2.05, 4.69) is 28.7 Å². The van der Waals surface area contributed by atoms with Crippen LogP contribution in [0.3, 0.4) is 0 Å². The monoisotopic (exact) mass is 372 g/mol. The summed E-state index contributed by atoms with van der Waals surface area (Å²) in [5, 5.41) is 9.86. The number of benzene rings is 1. The number of aromatic amines is 1. The van der Waals surface area contributed by atoms with Gasteiger partial charge in [-0.15, -0.1) is 0 Å². The normalized spacial score (nSPS) is 29.5. The number of nitrogens with one attached hydrogen (secondary N) is 1. The first-order valence-corrected chi connectivity index (χ1v) is 9.74. The second-order valence-corrected chi connectivity index (χ2v) is 8.02. The molecule has 146 valence electrons. The van der Waals surface area contributed by atoms with E-state index in [1.807, 2.05) is 23.1 Å². The van der Waals surface area contributed by atoms with Gasteiger partial charge in [0.2, 0.25) is 0 Å². The minimum Gasteiger partial charge on any atom is -0.396 e. The number of aliphatic hydroxyl groups is 1. The topological polar surface area (TPSA) is 81.7 Å². The summed E-state index contributed by atoms with van der Waals surface area (Å²) in [5.41, 5.74) is 2.39. The Balaban J connectivity index is 1.44. The molecule has 2 saturated heterocycles. The van der Waals surface area contributed by atoms with Crippen LogP contribution < -0.4 is 0 Å². The molecule has 2 aliphatic heterocycles. The Morgan fingerprint density at radius 1 is 1.22 bits per heavy atom. The number of nitrogens with zero attached hydrogens (tertiary/aromatic N) is 3. The van der Waals surface area contributed by atoms with Gasteiger partial charge in [-0.3, -0.25) is 9.69 Å². The molecular weight excluding hydrogens is 344 g/mol. The number of carbonyl (C=O) groups is 1. The third kappa shape index (κ3) is 3.85. The van der Waals surface area contributed by atoms with Gasteiger partial charge in [-0.2, -0.15) is 0 Å². The summed E-state index contributed by atoms with van der Waals surface area (Å²) >= 11 is 0. The average molecular weight is 372 g/mol. The fourth-order valence-electron chi connectivity index (χ4n) is 4.53. The van der Waals surface area contributed by atoms with E-state index in [9.17, 15) is 9.90 Å². The van der Waals surface area contributed by atoms with Crippen molar-refractivity contribution < 1.29 is 14.6 Å². The zero-order valence-corrected chi connectivity index (χ0v) is 16.0. The number of ether oxygens (including phenoxy) is 1. The van der Waals surface area contributed by atoms with Crippen molar-refractivity contribution in [1.29, 1.82) is 0 Å². The van der Waals surface area contributed by atoms with Gasteiger partial charge in [0.15, 0.2) is 0 Å². The highest BCUT2D eigenvalue weighted by Crippen LogP contribution is 2.27. The van der Waals surface area contributed by atoms with Crippen LogP contribution in [0.15, 0.2) is 24.5 Å². The molecule has 1 amide bonds. The van der Waals surface area contributed by atoms with Crippen molar-refractivity contribution >= 4 is 16.9 Å². The van der Waals surface area contributed by atoms with E-state index in [0.717, 1.165) is 30.7 Å². The number of amides is 1. The van der Waals surface area contributed by atoms with Crippen molar-refractivity contribution in [3.63, 3.8) is 0 Å². The molecule has 0 saturated carbocycles. The number of aromatic nitrogens is 2. The summed E-state index contributed by atoms with van der Waals surface area (Å²) in [6, 6.07) is 5.56. The quantitative estimate of drug-likeness (QED) is 0.847. The summed E-state index contributed by atoms with van der Waals surface area (Å²) in [6.45, 7) is 8.31. The second-order valence-electron chi connectivity index (χ2n) is 8.02. The lowest BCUT2D eigenvalue weighted by atomic mass is 9.96. The van der Waals surface area contributed by atoms with Crippen molar-refractivity contribution in [1.82, 2.24) is 19.8 Å². The molecule has 2 aliphatic rings. The molecule has 1 aromatic heterocycles. The first-order chi connectivity index (χ1) is 13.0. The maximum absolute atomic E-state index is 13.0. The van der Waals surface area contributed by atoms with Crippen molar-refractivity contribution in [3.05, 3.63) is 30.1 Å². The molecule has 7 nitrogen and oxygen atoms in total. The number of carbonyl (C=O) groups excluding carboxylic acids is 1. The minimum absolute atomic E-state index is 0.0242. The van der Waals surface area contributed by atoms with Crippen LogP contribution in [0.1, 0.15) is 24.2 Å². The molecule has 0 bridgehead atoms. The summed E-state index contributed by atoms with van der Waals surface area (Å²) < 4.78 is 5.82. The van der Waals surface area contributed by atoms with Crippen LogP contribution in [0.5, 0.6) is 0 Å². The minimum atomic E-state index is 0.0242. The van der Waals surface area contributed by atoms with E-state index in [1.54, 1.807) is 6.33 Å². The Bertz CT molecular complexity index is 797. The summed E-state index contributed by atoms with van der Waals surface area (Å²) in [5.74, 6) is 0.432. The van der Waals surface area contributed by atoms with Gasteiger partial charge in [0, 0.05) is 50.8 Å². The van der Waals surface area contributed by atoms with Crippen molar-refractivity contribution in [2.45, 2.75) is 26.1 Å². The smallest absolute Gasteiger partial charge is 0.253 e. The molecule has 0 spiro atoms. The molecule has 0 radical (unpaired) electrons. The van der Waals surface area contributed by atoms with Gasteiger partial charge in [0.1, 0.15) is 0 Å². The predicted molar refractivity (Wildman–Crippen MR) is 103 cm³/mol. The lowest BCUT2D eigenvalue weighted by molar-refractivity contribution is -0.0726. The Labute approximate surface area is 159 Å². The molecule has 4 atom stereocenters. The molecule has 2 aromatic rings. The highest BCUT2D eigenvalue weighted by atomic mass is 16.5. The van der Waals surface area contributed by atoms with Crippen molar-refractivity contribution in [2.24, 2.45) is 11.8 Å². The van der Waals surface area contributed by atoms with Crippen LogP contribution in [0.4, 0.5) is 0 Å². The Hall–Kier alpha value is -1.96. The molecular formula is C20H28N4O3. The average Bonchev–Trinajstić information content (AvgIpc) is 3.26. The largest absolute Gasteiger partial charge is 0.396 e. The number of hydrogen-bond donors (Lipinski definition) is 2. The lowest BCUT2D eigenvalue weighted by Gasteiger charge is -2.37. The molecule has 2 fully saturated rings. The first-order valence-electron chi connectivity index (χ1n) is 9.74. The van der Waals surface area contributed by atoms with Gasteiger partial charge in [-0.25, -0.2) is 4.98 Å².